The van der Waals surface area contributed by atoms with Crippen LogP contribution in [0.2, 0.25) is 5.02 Å². The third-order valence-electron chi connectivity index (χ3n) is 4.60. The van der Waals surface area contributed by atoms with Gasteiger partial charge in [-0.15, -0.1) is 0 Å². The van der Waals surface area contributed by atoms with Crippen LogP contribution in [0, 0.1) is 11.6 Å². The largest absolute Gasteiger partial charge is 0.349 e. The van der Waals surface area contributed by atoms with E-state index in [0.29, 0.717) is 35.4 Å². The monoisotopic (exact) mass is 413 g/mol. The minimum atomic E-state index is -3.63. The topological polar surface area (TPSA) is 63.2 Å². The predicted molar refractivity (Wildman–Crippen MR) is 98.3 cm³/mol. The van der Waals surface area contributed by atoms with Gasteiger partial charge in [-0.05, 0) is 60.7 Å². The van der Waals surface area contributed by atoms with Gasteiger partial charge in [0.25, 0.3) is 0 Å². The molecule has 4 nitrogen and oxygen atoms in total. The van der Waals surface area contributed by atoms with Crippen LogP contribution < -0.4 is 5.32 Å². The molecule has 1 atom stereocenters. The van der Waals surface area contributed by atoms with Crippen molar-refractivity contribution >= 4 is 27.3 Å². The standard InChI is InChI=1S/C19H18ClF2NO3S/c20-12-4-6-14(7-5-12)27(25,26)9-8-19(24)23-18-3-1-2-15-16(18)10-13(21)11-17(15)22/h4-7,10-11,18H,1-3,8-9H2,(H,23,24)/t18-/m0/s1. The highest BCUT2D eigenvalue weighted by Gasteiger charge is 2.26. The molecule has 1 aliphatic carbocycles. The number of nitrogens with one attached hydrogen (secondary N) is 1. The molecule has 0 saturated heterocycles. The van der Waals surface area contributed by atoms with Crippen molar-refractivity contribution in [1.82, 2.24) is 5.32 Å². The molecule has 0 saturated carbocycles. The number of carbonyl (C=O) groups excluding carboxylic acids is 1. The number of hydrogen-bond donors (Lipinski definition) is 1. The maximum atomic E-state index is 13.9. The Labute approximate surface area is 161 Å². The van der Waals surface area contributed by atoms with E-state index in [1.54, 1.807) is 0 Å². The highest BCUT2D eigenvalue weighted by Crippen LogP contribution is 2.32. The summed E-state index contributed by atoms with van der Waals surface area (Å²) >= 11 is 5.75. The number of hydrogen-bond acceptors (Lipinski definition) is 3. The summed E-state index contributed by atoms with van der Waals surface area (Å²) in [6.45, 7) is 0. The van der Waals surface area contributed by atoms with E-state index in [0.717, 1.165) is 6.07 Å². The third-order valence-corrected chi connectivity index (χ3v) is 6.58. The second-order valence-corrected chi connectivity index (χ2v) is 9.04. The van der Waals surface area contributed by atoms with E-state index in [2.05, 4.69) is 5.32 Å². The lowest BCUT2D eigenvalue weighted by Gasteiger charge is -2.26. The predicted octanol–water partition coefficient (Wildman–Crippen LogP) is 3.98. The van der Waals surface area contributed by atoms with Gasteiger partial charge in [0.05, 0.1) is 16.7 Å². The second kappa shape index (κ2) is 7.94. The lowest BCUT2D eigenvalue weighted by Crippen LogP contribution is -2.32. The molecular weight excluding hydrogens is 396 g/mol. The molecule has 3 rings (SSSR count). The number of benzene rings is 2. The highest BCUT2D eigenvalue weighted by molar-refractivity contribution is 7.91. The van der Waals surface area contributed by atoms with Gasteiger partial charge in [0.1, 0.15) is 11.6 Å². The minimum Gasteiger partial charge on any atom is -0.349 e. The fourth-order valence-electron chi connectivity index (χ4n) is 3.24. The van der Waals surface area contributed by atoms with Crippen molar-refractivity contribution in [2.24, 2.45) is 0 Å². The molecule has 2 aromatic carbocycles. The van der Waals surface area contributed by atoms with Gasteiger partial charge in [-0.25, -0.2) is 17.2 Å². The quantitative estimate of drug-likeness (QED) is 0.806. The molecule has 0 bridgehead atoms. The summed E-state index contributed by atoms with van der Waals surface area (Å²) in [6, 6.07) is 7.25. The molecule has 0 heterocycles. The van der Waals surface area contributed by atoms with Gasteiger partial charge in [-0.1, -0.05) is 11.6 Å². The number of amides is 1. The first-order valence-corrected chi connectivity index (χ1v) is 10.5. The highest BCUT2D eigenvalue weighted by atomic mass is 35.5. The van der Waals surface area contributed by atoms with Crippen LogP contribution >= 0.6 is 11.6 Å². The van der Waals surface area contributed by atoms with Crippen LogP contribution in [0.5, 0.6) is 0 Å². The summed E-state index contributed by atoms with van der Waals surface area (Å²) in [4.78, 5) is 12.3. The van der Waals surface area contributed by atoms with Crippen LogP contribution in [-0.2, 0) is 21.1 Å². The van der Waals surface area contributed by atoms with Crippen molar-refractivity contribution in [1.29, 1.82) is 0 Å². The average Bonchev–Trinajstić information content (AvgIpc) is 2.61. The number of sulfone groups is 1. The Bertz CT molecular complexity index is 962. The lowest BCUT2D eigenvalue weighted by atomic mass is 9.87. The lowest BCUT2D eigenvalue weighted by molar-refractivity contribution is -0.121. The van der Waals surface area contributed by atoms with Crippen molar-refractivity contribution in [3.63, 3.8) is 0 Å². The van der Waals surface area contributed by atoms with Crippen molar-refractivity contribution in [3.8, 4) is 0 Å². The molecule has 27 heavy (non-hydrogen) atoms. The van der Waals surface area contributed by atoms with E-state index in [4.69, 9.17) is 11.6 Å². The van der Waals surface area contributed by atoms with Crippen molar-refractivity contribution in [2.75, 3.05) is 5.75 Å². The summed E-state index contributed by atoms with van der Waals surface area (Å²) in [7, 11) is -3.63. The Hall–Kier alpha value is -1.99. The molecule has 0 fully saturated rings. The summed E-state index contributed by atoms with van der Waals surface area (Å²) < 4.78 is 52.1. The molecule has 1 aliphatic rings. The number of fused-ring (bicyclic) bond motifs is 1. The molecule has 0 aromatic heterocycles. The first-order valence-electron chi connectivity index (χ1n) is 8.52. The summed E-state index contributed by atoms with van der Waals surface area (Å²) in [5.74, 6) is -2.15. The number of carbonyl (C=O) groups is 1. The smallest absolute Gasteiger partial charge is 0.221 e. The molecule has 0 spiro atoms. The van der Waals surface area contributed by atoms with Crippen LogP contribution in [0.3, 0.4) is 0 Å². The first kappa shape index (κ1) is 19.8. The molecule has 1 N–H and O–H groups in total. The van der Waals surface area contributed by atoms with E-state index in [9.17, 15) is 22.0 Å². The molecule has 1 amide bonds. The Morgan fingerprint density at radius 2 is 1.89 bits per heavy atom. The Balaban J connectivity index is 1.66. The van der Waals surface area contributed by atoms with Crippen molar-refractivity contribution in [2.45, 2.75) is 36.6 Å². The fraction of sp³-hybridized carbons (Fsp3) is 0.316. The van der Waals surface area contributed by atoms with Crippen LogP contribution in [0.25, 0.3) is 0 Å². The molecule has 0 radical (unpaired) electrons. The van der Waals surface area contributed by atoms with Gasteiger partial charge < -0.3 is 5.32 Å². The molecular formula is C19H18ClF2NO3S. The Kier molecular flexibility index (Phi) is 5.81. The van der Waals surface area contributed by atoms with Gasteiger partial charge in [0.2, 0.25) is 5.91 Å². The minimum absolute atomic E-state index is 0.0897. The normalized spacial score (nSPS) is 16.6. The maximum absolute atomic E-state index is 13.9. The van der Waals surface area contributed by atoms with E-state index in [-0.39, 0.29) is 17.1 Å². The maximum Gasteiger partial charge on any atom is 0.221 e. The van der Waals surface area contributed by atoms with E-state index < -0.39 is 33.4 Å². The van der Waals surface area contributed by atoms with Crippen LogP contribution in [-0.4, -0.2) is 20.1 Å². The third kappa shape index (κ3) is 4.65. The zero-order valence-electron chi connectivity index (χ0n) is 14.3. The molecule has 2 aromatic rings. The Morgan fingerprint density at radius 1 is 1.19 bits per heavy atom. The average molecular weight is 414 g/mol. The van der Waals surface area contributed by atoms with Crippen LogP contribution in [0.1, 0.15) is 36.4 Å². The molecule has 0 aliphatic heterocycles. The van der Waals surface area contributed by atoms with Crippen molar-refractivity contribution < 1.29 is 22.0 Å². The van der Waals surface area contributed by atoms with E-state index >= 15 is 0 Å². The zero-order chi connectivity index (χ0) is 19.6. The van der Waals surface area contributed by atoms with Crippen LogP contribution in [0.15, 0.2) is 41.3 Å². The molecule has 0 unspecified atom stereocenters. The van der Waals surface area contributed by atoms with Gasteiger partial charge in [0, 0.05) is 17.5 Å². The summed E-state index contributed by atoms with van der Waals surface area (Å²) in [5.41, 5.74) is 0.828. The number of halogens is 3. The van der Waals surface area contributed by atoms with Gasteiger partial charge in [-0.3, -0.25) is 4.79 Å². The van der Waals surface area contributed by atoms with Crippen molar-refractivity contribution in [3.05, 3.63) is 64.2 Å². The zero-order valence-corrected chi connectivity index (χ0v) is 15.9. The summed E-state index contributed by atoms with van der Waals surface area (Å²) in [5, 5.41) is 3.12. The van der Waals surface area contributed by atoms with Gasteiger partial charge >= 0.3 is 0 Å². The Morgan fingerprint density at radius 3 is 2.59 bits per heavy atom. The molecule has 144 valence electrons. The molecule has 8 heteroatoms. The summed E-state index contributed by atoms with van der Waals surface area (Å²) in [6.07, 6.45) is 1.45. The second-order valence-electron chi connectivity index (χ2n) is 6.49. The first-order chi connectivity index (χ1) is 12.8. The number of rotatable bonds is 5. The van der Waals surface area contributed by atoms with E-state index in [1.807, 2.05) is 0 Å². The van der Waals surface area contributed by atoms with Gasteiger partial charge in [-0.2, -0.15) is 0 Å². The van der Waals surface area contributed by atoms with Gasteiger partial charge in [0.15, 0.2) is 9.84 Å². The SMILES string of the molecule is O=C(CCS(=O)(=O)c1ccc(Cl)cc1)N[C@H]1CCCc2c(F)cc(F)cc21. The van der Waals surface area contributed by atoms with E-state index in [1.165, 1.54) is 30.3 Å². The van der Waals surface area contributed by atoms with Crippen LogP contribution in [0.4, 0.5) is 8.78 Å². The fourth-order valence-corrected chi connectivity index (χ4v) is 4.61.